The maximum Gasteiger partial charge on any atom is 0.263 e. The fourth-order valence-electron chi connectivity index (χ4n) is 1.86. The molecule has 0 aliphatic rings. The summed E-state index contributed by atoms with van der Waals surface area (Å²) in [4.78, 5) is 12.8. The third-order valence-corrected chi connectivity index (χ3v) is 4.45. The third-order valence-electron chi connectivity index (χ3n) is 2.79. The first kappa shape index (κ1) is 14.1. The molecule has 0 spiro atoms. The Morgan fingerprint density at radius 3 is 3.05 bits per heavy atom. The highest BCUT2D eigenvalue weighted by Crippen LogP contribution is 2.35. The third kappa shape index (κ3) is 2.98. The molecule has 1 aromatic carbocycles. The molecule has 0 aliphatic carbocycles. The Bertz CT molecular complexity index is 636. The average molecular weight is 339 g/mol. The minimum absolute atomic E-state index is 0.0568. The summed E-state index contributed by atoms with van der Waals surface area (Å²) in [6.07, 6.45) is 2.53. The van der Waals surface area contributed by atoms with Crippen LogP contribution in [0.1, 0.15) is 23.0 Å². The molecular formula is C14H15BrN2OS. The predicted octanol–water partition coefficient (Wildman–Crippen LogP) is 3.94. The zero-order valence-electron chi connectivity index (χ0n) is 10.6. The van der Waals surface area contributed by atoms with E-state index in [1.54, 1.807) is 6.08 Å². The number of amides is 1. The maximum atomic E-state index is 12.2. The van der Waals surface area contributed by atoms with Crippen LogP contribution in [0, 0.1) is 0 Å². The van der Waals surface area contributed by atoms with E-state index in [0.29, 0.717) is 10.6 Å². The van der Waals surface area contributed by atoms with Gasteiger partial charge >= 0.3 is 0 Å². The van der Waals surface area contributed by atoms with Gasteiger partial charge in [-0.1, -0.05) is 28.1 Å². The Balaban J connectivity index is 2.32. The Morgan fingerprint density at radius 2 is 2.37 bits per heavy atom. The Hall–Kier alpha value is -1.33. The van der Waals surface area contributed by atoms with Gasteiger partial charge in [-0.25, -0.2) is 0 Å². The first-order valence-corrected chi connectivity index (χ1v) is 7.53. The Labute approximate surface area is 124 Å². The molecule has 3 nitrogen and oxygen atoms in total. The molecule has 0 aliphatic heterocycles. The molecule has 1 amide bonds. The van der Waals surface area contributed by atoms with E-state index >= 15 is 0 Å². The van der Waals surface area contributed by atoms with Crippen molar-refractivity contribution in [1.29, 1.82) is 0 Å². The second-order valence-electron chi connectivity index (χ2n) is 4.38. The van der Waals surface area contributed by atoms with Gasteiger partial charge in [-0.05, 0) is 25.5 Å². The van der Waals surface area contributed by atoms with Crippen LogP contribution in [0.2, 0.25) is 0 Å². The lowest BCUT2D eigenvalue weighted by Gasteiger charge is -2.10. The van der Waals surface area contributed by atoms with Crippen molar-refractivity contribution in [3.8, 4) is 0 Å². The zero-order chi connectivity index (χ0) is 14.0. The summed E-state index contributed by atoms with van der Waals surface area (Å²) in [5.74, 6) is -0.121. The van der Waals surface area contributed by atoms with Crippen molar-refractivity contribution in [3.63, 3.8) is 0 Å². The minimum atomic E-state index is -0.121. The Kier molecular flexibility index (Phi) is 4.27. The number of hydrogen-bond acceptors (Lipinski definition) is 3. The van der Waals surface area contributed by atoms with Crippen molar-refractivity contribution in [3.05, 3.63) is 40.2 Å². The van der Waals surface area contributed by atoms with E-state index in [2.05, 4.69) is 27.8 Å². The lowest BCUT2D eigenvalue weighted by Crippen LogP contribution is -2.31. The van der Waals surface area contributed by atoms with Gasteiger partial charge in [0.05, 0.1) is 5.69 Å². The summed E-state index contributed by atoms with van der Waals surface area (Å²) < 4.78 is 1.99. The van der Waals surface area contributed by atoms with Gasteiger partial charge in [0.15, 0.2) is 0 Å². The van der Waals surface area contributed by atoms with E-state index in [-0.39, 0.29) is 11.9 Å². The van der Waals surface area contributed by atoms with Crippen LogP contribution in [0.15, 0.2) is 35.3 Å². The van der Waals surface area contributed by atoms with E-state index in [9.17, 15) is 4.79 Å². The van der Waals surface area contributed by atoms with Crippen LogP contribution < -0.4 is 11.1 Å². The molecule has 3 N–H and O–H groups in total. The highest BCUT2D eigenvalue weighted by molar-refractivity contribution is 9.10. The number of nitrogens with two attached hydrogens (primary N) is 1. The molecule has 2 rings (SSSR count). The van der Waals surface area contributed by atoms with Gasteiger partial charge in [0.2, 0.25) is 0 Å². The number of benzene rings is 1. The highest BCUT2D eigenvalue weighted by Gasteiger charge is 2.17. The molecule has 1 atom stereocenters. The van der Waals surface area contributed by atoms with Crippen LogP contribution in [0.5, 0.6) is 0 Å². The summed E-state index contributed by atoms with van der Waals surface area (Å²) in [7, 11) is 0. The number of nitrogens with one attached hydrogen (secondary N) is 1. The molecule has 100 valence electrons. The number of rotatable bonds is 4. The molecule has 1 aromatic heterocycles. The van der Waals surface area contributed by atoms with Gasteiger partial charge in [-0.15, -0.1) is 17.9 Å². The maximum absolute atomic E-state index is 12.2. The minimum Gasteiger partial charge on any atom is -0.397 e. The molecule has 0 bridgehead atoms. The predicted molar refractivity (Wildman–Crippen MR) is 85.7 cm³/mol. The normalized spacial score (nSPS) is 12.3. The van der Waals surface area contributed by atoms with Gasteiger partial charge in [-0.3, -0.25) is 4.79 Å². The molecule has 0 saturated heterocycles. The first-order valence-electron chi connectivity index (χ1n) is 5.92. The first-order chi connectivity index (χ1) is 9.02. The number of fused-ring (bicyclic) bond motifs is 1. The van der Waals surface area contributed by atoms with Crippen molar-refractivity contribution < 1.29 is 4.79 Å². The lowest BCUT2D eigenvalue weighted by atomic mass is 10.2. The fourth-order valence-corrected chi connectivity index (χ4v) is 3.44. The van der Waals surface area contributed by atoms with E-state index < -0.39 is 0 Å². The number of halogens is 1. The largest absolute Gasteiger partial charge is 0.397 e. The number of carbonyl (C=O) groups excluding carboxylic acids is 1. The van der Waals surface area contributed by atoms with Gasteiger partial charge < -0.3 is 11.1 Å². The fraction of sp³-hybridized carbons (Fsp3) is 0.214. The molecule has 5 heteroatoms. The van der Waals surface area contributed by atoms with E-state index in [1.165, 1.54) is 11.3 Å². The van der Waals surface area contributed by atoms with E-state index in [0.717, 1.165) is 21.0 Å². The van der Waals surface area contributed by atoms with E-state index in [1.807, 2.05) is 25.1 Å². The summed E-state index contributed by atoms with van der Waals surface area (Å²) in [5.41, 5.74) is 6.61. The van der Waals surface area contributed by atoms with Crippen molar-refractivity contribution in [2.45, 2.75) is 19.4 Å². The van der Waals surface area contributed by atoms with Crippen LogP contribution in [-0.4, -0.2) is 11.9 Å². The number of hydrogen-bond donors (Lipinski definition) is 2. The second kappa shape index (κ2) is 5.75. The number of carbonyl (C=O) groups is 1. The topological polar surface area (TPSA) is 55.1 Å². The molecule has 2 aromatic rings. The summed E-state index contributed by atoms with van der Waals surface area (Å²) in [6, 6.07) is 5.88. The van der Waals surface area contributed by atoms with Crippen molar-refractivity contribution in [2.24, 2.45) is 0 Å². The highest BCUT2D eigenvalue weighted by atomic mass is 79.9. The summed E-state index contributed by atoms with van der Waals surface area (Å²) in [5, 5.41) is 3.85. The van der Waals surface area contributed by atoms with Gasteiger partial charge in [0, 0.05) is 20.6 Å². The Morgan fingerprint density at radius 1 is 1.63 bits per heavy atom. The van der Waals surface area contributed by atoms with Crippen molar-refractivity contribution in [2.75, 3.05) is 5.73 Å². The number of anilines is 1. The number of thiophene rings is 1. The van der Waals surface area contributed by atoms with Crippen LogP contribution in [0.25, 0.3) is 10.1 Å². The standard InChI is InChI=1S/C14H15BrN2OS/c1-3-4-8(2)17-14(18)13-12(16)10-6-5-9(15)7-11(10)19-13/h3,5-8H,1,4,16H2,2H3,(H,17,18). The monoisotopic (exact) mass is 338 g/mol. The molecule has 0 saturated carbocycles. The smallest absolute Gasteiger partial charge is 0.263 e. The zero-order valence-corrected chi connectivity index (χ0v) is 13.0. The van der Waals surface area contributed by atoms with Crippen molar-refractivity contribution >= 4 is 48.9 Å². The summed E-state index contributed by atoms with van der Waals surface area (Å²) in [6.45, 7) is 5.61. The van der Waals surface area contributed by atoms with Crippen LogP contribution >= 0.6 is 27.3 Å². The molecule has 1 heterocycles. The van der Waals surface area contributed by atoms with Gasteiger partial charge in [-0.2, -0.15) is 0 Å². The summed E-state index contributed by atoms with van der Waals surface area (Å²) >= 11 is 4.83. The lowest BCUT2D eigenvalue weighted by molar-refractivity contribution is 0.0945. The molecule has 19 heavy (non-hydrogen) atoms. The average Bonchev–Trinajstić information content (AvgIpc) is 2.66. The van der Waals surface area contributed by atoms with E-state index in [4.69, 9.17) is 5.73 Å². The number of nitrogen functional groups attached to an aromatic ring is 1. The van der Waals surface area contributed by atoms with Gasteiger partial charge in [0.25, 0.3) is 5.91 Å². The van der Waals surface area contributed by atoms with Gasteiger partial charge in [0.1, 0.15) is 4.88 Å². The molecule has 0 fully saturated rings. The SMILES string of the molecule is C=CCC(C)NC(=O)c1sc2cc(Br)ccc2c1N. The van der Waals surface area contributed by atoms with Crippen LogP contribution in [0.3, 0.4) is 0 Å². The molecular weight excluding hydrogens is 324 g/mol. The molecule has 1 unspecified atom stereocenters. The molecule has 0 radical (unpaired) electrons. The van der Waals surface area contributed by atoms with Crippen molar-refractivity contribution in [1.82, 2.24) is 5.32 Å². The second-order valence-corrected chi connectivity index (χ2v) is 6.35. The van der Waals surface area contributed by atoms with Crippen LogP contribution in [0.4, 0.5) is 5.69 Å². The quantitative estimate of drug-likeness (QED) is 0.829. The van der Waals surface area contributed by atoms with Crippen LogP contribution in [-0.2, 0) is 0 Å².